The third kappa shape index (κ3) is 2.72. The quantitative estimate of drug-likeness (QED) is 0.866. The van der Waals surface area contributed by atoms with Crippen molar-refractivity contribution in [2.45, 2.75) is 31.8 Å². The van der Waals surface area contributed by atoms with Crippen molar-refractivity contribution in [3.63, 3.8) is 0 Å². The molecule has 1 aliphatic rings. The highest BCUT2D eigenvalue weighted by atomic mass is 79.9. The second-order valence-corrected chi connectivity index (χ2v) is 5.61. The Bertz CT molecular complexity index is 466. The van der Waals surface area contributed by atoms with Crippen molar-refractivity contribution in [1.29, 1.82) is 0 Å². The average Bonchev–Trinajstić information content (AvgIpc) is 2.31. The number of rotatable bonds is 1. The van der Waals surface area contributed by atoms with Gasteiger partial charge in [-0.05, 0) is 53.9 Å². The van der Waals surface area contributed by atoms with Crippen LogP contribution in [0.25, 0.3) is 0 Å². The zero-order valence-corrected chi connectivity index (χ0v) is 11.8. The van der Waals surface area contributed by atoms with Gasteiger partial charge < -0.3 is 10.6 Å². The molecule has 1 heterocycles. The van der Waals surface area contributed by atoms with Crippen molar-refractivity contribution in [3.8, 4) is 0 Å². The van der Waals surface area contributed by atoms with Crippen molar-refractivity contribution in [3.05, 3.63) is 34.1 Å². The standard InChI is InChI=1S/C13H16BrFN2O/c1-8-6-10(16)4-5-17(8)13(18)11-7-9(15)2-3-12(11)14/h2-3,7-8,10H,4-6,16H2,1H3/t8-,10-/m1/s1. The van der Waals surface area contributed by atoms with Gasteiger partial charge in [-0.2, -0.15) is 0 Å². The Hall–Kier alpha value is -0.940. The van der Waals surface area contributed by atoms with E-state index in [1.165, 1.54) is 12.1 Å². The van der Waals surface area contributed by atoms with E-state index in [0.717, 1.165) is 12.8 Å². The second kappa shape index (κ2) is 5.36. The molecule has 2 rings (SSSR count). The Morgan fingerprint density at radius 1 is 1.56 bits per heavy atom. The number of hydrogen-bond acceptors (Lipinski definition) is 2. The summed E-state index contributed by atoms with van der Waals surface area (Å²) in [7, 11) is 0. The van der Waals surface area contributed by atoms with Gasteiger partial charge in [0.2, 0.25) is 0 Å². The van der Waals surface area contributed by atoms with Gasteiger partial charge in [0.05, 0.1) is 5.56 Å². The highest BCUT2D eigenvalue weighted by Crippen LogP contribution is 2.23. The summed E-state index contributed by atoms with van der Waals surface area (Å²) in [6.45, 7) is 2.61. The predicted octanol–water partition coefficient (Wildman–Crippen LogP) is 2.54. The van der Waals surface area contributed by atoms with Crippen LogP contribution in [0.2, 0.25) is 0 Å². The van der Waals surface area contributed by atoms with Gasteiger partial charge in [-0.1, -0.05) is 0 Å². The molecular weight excluding hydrogens is 299 g/mol. The van der Waals surface area contributed by atoms with Crippen LogP contribution < -0.4 is 5.73 Å². The van der Waals surface area contributed by atoms with E-state index in [1.807, 2.05) is 6.92 Å². The SMILES string of the molecule is C[C@@H]1C[C@H](N)CCN1C(=O)c1cc(F)ccc1Br. The molecule has 1 fully saturated rings. The highest BCUT2D eigenvalue weighted by molar-refractivity contribution is 9.10. The normalized spacial score (nSPS) is 24.1. The van der Waals surface area contributed by atoms with E-state index in [2.05, 4.69) is 15.9 Å². The Kier molecular flexibility index (Phi) is 4.02. The average molecular weight is 315 g/mol. The molecule has 1 aromatic rings. The fourth-order valence-electron chi connectivity index (χ4n) is 2.33. The number of likely N-dealkylation sites (tertiary alicyclic amines) is 1. The van der Waals surface area contributed by atoms with E-state index in [9.17, 15) is 9.18 Å². The van der Waals surface area contributed by atoms with Crippen LogP contribution >= 0.6 is 15.9 Å². The van der Waals surface area contributed by atoms with Crippen LogP contribution in [0.4, 0.5) is 4.39 Å². The number of nitrogens with two attached hydrogens (primary N) is 1. The molecule has 2 N–H and O–H groups in total. The summed E-state index contributed by atoms with van der Waals surface area (Å²) in [6, 6.07) is 4.41. The van der Waals surface area contributed by atoms with Gasteiger partial charge in [-0.25, -0.2) is 4.39 Å². The minimum absolute atomic E-state index is 0.0939. The first-order chi connectivity index (χ1) is 8.49. The first-order valence-electron chi connectivity index (χ1n) is 6.00. The van der Waals surface area contributed by atoms with Gasteiger partial charge in [0, 0.05) is 23.1 Å². The van der Waals surface area contributed by atoms with Gasteiger partial charge in [0.25, 0.3) is 5.91 Å². The lowest BCUT2D eigenvalue weighted by molar-refractivity contribution is 0.0617. The first kappa shape index (κ1) is 13.5. The molecule has 1 aromatic carbocycles. The van der Waals surface area contributed by atoms with Crippen molar-refractivity contribution < 1.29 is 9.18 Å². The lowest BCUT2D eigenvalue weighted by Crippen LogP contribution is -2.48. The molecule has 5 heteroatoms. The molecule has 0 bridgehead atoms. The molecule has 1 aliphatic heterocycles. The molecule has 18 heavy (non-hydrogen) atoms. The van der Waals surface area contributed by atoms with Crippen LogP contribution in [0.1, 0.15) is 30.1 Å². The van der Waals surface area contributed by atoms with E-state index < -0.39 is 5.82 Å². The fraction of sp³-hybridized carbons (Fsp3) is 0.462. The Morgan fingerprint density at radius 2 is 2.28 bits per heavy atom. The lowest BCUT2D eigenvalue weighted by Gasteiger charge is -2.36. The molecule has 0 aliphatic carbocycles. The number of piperidine rings is 1. The number of carbonyl (C=O) groups excluding carboxylic acids is 1. The summed E-state index contributed by atoms with van der Waals surface area (Å²) < 4.78 is 13.8. The van der Waals surface area contributed by atoms with Gasteiger partial charge >= 0.3 is 0 Å². The highest BCUT2D eigenvalue weighted by Gasteiger charge is 2.28. The topological polar surface area (TPSA) is 46.3 Å². The minimum atomic E-state index is -0.400. The monoisotopic (exact) mass is 314 g/mol. The number of hydrogen-bond donors (Lipinski definition) is 1. The van der Waals surface area contributed by atoms with Crippen molar-refractivity contribution in [2.24, 2.45) is 5.73 Å². The van der Waals surface area contributed by atoms with Crippen LogP contribution in [0.15, 0.2) is 22.7 Å². The van der Waals surface area contributed by atoms with E-state index in [1.54, 1.807) is 11.0 Å². The summed E-state index contributed by atoms with van der Waals surface area (Å²) in [5.41, 5.74) is 6.25. The fourth-order valence-corrected chi connectivity index (χ4v) is 2.74. The lowest BCUT2D eigenvalue weighted by atomic mass is 9.98. The zero-order valence-electron chi connectivity index (χ0n) is 10.2. The van der Waals surface area contributed by atoms with Crippen molar-refractivity contribution in [1.82, 2.24) is 4.90 Å². The van der Waals surface area contributed by atoms with Gasteiger partial charge in [0.15, 0.2) is 0 Å². The molecule has 3 nitrogen and oxygen atoms in total. The third-order valence-electron chi connectivity index (χ3n) is 3.34. The molecular formula is C13H16BrFN2O. The summed E-state index contributed by atoms with van der Waals surface area (Å²) in [5.74, 6) is -0.538. The molecule has 0 saturated carbocycles. The predicted molar refractivity (Wildman–Crippen MR) is 71.8 cm³/mol. The first-order valence-corrected chi connectivity index (χ1v) is 6.80. The Balaban J connectivity index is 2.23. The van der Waals surface area contributed by atoms with E-state index in [4.69, 9.17) is 5.73 Å². The molecule has 1 amide bonds. The number of halogens is 2. The summed E-state index contributed by atoms with van der Waals surface area (Å²) >= 11 is 3.29. The van der Waals surface area contributed by atoms with Gasteiger partial charge in [-0.15, -0.1) is 0 Å². The number of nitrogens with zero attached hydrogens (tertiary/aromatic N) is 1. The minimum Gasteiger partial charge on any atom is -0.336 e. The maximum atomic E-state index is 13.2. The third-order valence-corrected chi connectivity index (χ3v) is 4.03. The van der Waals surface area contributed by atoms with Gasteiger partial charge in [0.1, 0.15) is 5.82 Å². The van der Waals surface area contributed by atoms with E-state index >= 15 is 0 Å². The molecule has 0 aromatic heterocycles. The van der Waals surface area contributed by atoms with E-state index in [-0.39, 0.29) is 18.0 Å². The molecule has 0 radical (unpaired) electrons. The van der Waals surface area contributed by atoms with Crippen LogP contribution in [-0.2, 0) is 0 Å². The molecule has 98 valence electrons. The van der Waals surface area contributed by atoms with Gasteiger partial charge in [-0.3, -0.25) is 4.79 Å². The summed E-state index contributed by atoms with van der Waals surface area (Å²) in [6.07, 6.45) is 1.59. The van der Waals surface area contributed by atoms with Crippen molar-refractivity contribution >= 4 is 21.8 Å². The Morgan fingerprint density at radius 3 is 2.94 bits per heavy atom. The molecule has 2 atom stereocenters. The number of amides is 1. The zero-order chi connectivity index (χ0) is 13.3. The molecule has 0 unspecified atom stereocenters. The van der Waals surface area contributed by atoms with Crippen molar-refractivity contribution in [2.75, 3.05) is 6.54 Å². The smallest absolute Gasteiger partial charge is 0.255 e. The maximum Gasteiger partial charge on any atom is 0.255 e. The van der Waals surface area contributed by atoms with Crippen LogP contribution in [0.5, 0.6) is 0 Å². The van der Waals surface area contributed by atoms with Crippen LogP contribution in [-0.4, -0.2) is 29.4 Å². The van der Waals surface area contributed by atoms with E-state index in [0.29, 0.717) is 16.6 Å². The summed E-state index contributed by atoms with van der Waals surface area (Å²) in [5, 5.41) is 0. The second-order valence-electron chi connectivity index (χ2n) is 4.76. The number of benzene rings is 1. The van der Waals surface area contributed by atoms with Crippen LogP contribution in [0.3, 0.4) is 0 Å². The number of carbonyl (C=O) groups is 1. The Labute approximate surface area is 114 Å². The molecule has 0 spiro atoms. The summed E-state index contributed by atoms with van der Waals surface area (Å²) in [4.78, 5) is 14.1. The molecule has 1 saturated heterocycles. The van der Waals surface area contributed by atoms with Crippen LogP contribution in [0, 0.1) is 5.82 Å². The largest absolute Gasteiger partial charge is 0.336 e. The maximum absolute atomic E-state index is 13.2.